The lowest BCUT2D eigenvalue weighted by Crippen LogP contribution is -2.39. The highest BCUT2D eigenvalue weighted by Crippen LogP contribution is 2.24. The fourth-order valence-corrected chi connectivity index (χ4v) is 3.48. The maximum Gasteiger partial charge on any atom is 0.0552 e. The van der Waals surface area contributed by atoms with Gasteiger partial charge in [-0.15, -0.1) is 0 Å². The molecule has 0 amide bonds. The van der Waals surface area contributed by atoms with E-state index in [9.17, 15) is 5.11 Å². The number of aliphatic hydroxyl groups excluding tert-OH is 1. The van der Waals surface area contributed by atoms with Gasteiger partial charge in [0.25, 0.3) is 0 Å². The number of rotatable bonds is 4. The summed E-state index contributed by atoms with van der Waals surface area (Å²) in [7, 11) is 0. The second-order valence-electron chi connectivity index (χ2n) is 6.94. The van der Waals surface area contributed by atoms with Crippen LogP contribution in [-0.4, -0.2) is 29.2 Å². The van der Waals surface area contributed by atoms with Gasteiger partial charge in [-0.3, -0.25) is 4.90 Å². The molecule has 2 atom stereocenters. The first kappa shape index (κ1) is 16.2. The summed E-state index contributed by atoms with van der Waals surface area (Å²) < 4.78 is 0. The van der Waals surface area contributed by atoms with Crippen LogP contribution in [0.3, 0.4) is 0 Å². The Morgan fingerprint density at radius 2 is 1.91 bits per heavy atom. The molecule has 1 heterocycles. The first-order valence-corrected chi connectivity index (χ1v) is 8.68. The van der Waals surface area contributed by atoms with Crippen molar-refractivity contribution in [3.05, 3.63) is 59.7 Å². The Morgan fingerprint density at radius 1 is 1.13 bits per heavy atom. The van der Waals surface area contributed by atoms with Crippen molar-refractivity contribution in [1.82, 2.24) is 4.90 Å². The number of piperidine rings is 1. The van der Waals surface area contributed by atoms with E-state index >= 15 is 0 Å². The average molecular weight is 309 g/mol. The summed E-state index contributed by atoms with van der Waals surface area (Å²) in [6.45, 7) is 7.16. The average Bonchev–Trinajstić information content (AvgIpc) is 2.56. The molecule has 0 bridgehead atoms. The molecule has 0 aromatic heterocycles. The van der Waals surface area contributed by atoms with Crippen LogP contribution in [0.4, 0.5) is 0 Å². The predicted molar refractivity (Wildman–Crippen MR) is 96.3 cm³/mol. The highest BCUT2D eigenvalue weighted by atomic mass is 16.3. The topological polar surface area (TPSA) is 23.5 Å². The molecule has 3 rings (SSSR count). The number of likely N-dealkylation sites (tertiary alicyclic amines) is 1. The van der Waals surface area contributed by atoms with Crippen LogP contribution in [0.15, 0.2) is 48.5 Å². The Hall–Kier alpha value is -1.64. The van der Waals surface area contributed by atoms with Gasteiger partial charge in [-0.05, 0) is 61.9 Å². The maximum atomic E-state index is 9.85. The van der Waals surface area contributed by atoms with E-state index in [2.05, 4.69) is 60.4 Å². The van der Waals surface area contributed by atoms with Gasteiger partial charge in [0.05, 0.1) is 6.10 Å². The van der Waals surface area contributed by atoms with E-state index < -0.39 is 0 Å². The highest BCUT2D eigenvalue weighted by Gasteiger charge is 2.23. The van der Waals surface area contributed by atoms with E-state index in [1.54, 1.807) is 0 Å². The minimum absolute atomic E-state index is 0.198. The van der Waals surface area contributed by atoms with Crippen LogP contribution in [0.25, 0.3) is 11.1 Å². The van der Waals surface area contributed by atoms with Gasteiger partial charge in [0.1, 0.15) is 0 Å². The Kier molecular flexibility index (Phi) is 5.14. The zero-order valence-electron chi connectivity index (χ0n) is 14.2. The van der Waals surface area contributed by atoms with Crippen molar-refractivity contribution in [3.8, 4) is 11.1 Å². The molecule has 23 heavy (non-hydrogen) atoms. The minimum atomic E-state index is -0.198. The molecule has 0 spiro atoms. The van der Waals surface area contributed by atoms with E-state index in [-0.39, 0.29) is 6.10 Å². The summed E-state index contributed by atoms with van der Waals surface area (Å²) >= 11 is 0. The lowest BCUT2D eigenvalue weighted by atomic mass is 9.93. The van der Waals surface area contributed by atoms with Crippen molar-refractivity contribution >= 4 is 0 Å². The van der Waals surface area contributed by atoms with Gasteiger partial charge in [0.2, 0.25) is 0 Å². The van der Waals surface area contributed by atoms with Crippen LogP contribution in [0, 0.1) is 12.8 Å². The number of nitrogens with zero attached hydrogens (tertiary/aromatic N) is 1. The zero-order valence-corrected chi connectivity index (χ0v) is 14.2. The van der Waals surface area contributed by atoms with Crippen molar-refractivity contribution in [2.75, 3.05) is 13.1 Å². The van der Waals surface area contributed by atoms with Gasteiger partial charge in [-0.2, -0.15) is 0 Å². The summed E-state index contributed by atoms with van der Waals surface area (Å²) in [5, 5.41) is 9.85. The Morgan fingerprint density at radius 3 is 2.65 bits per heavy atom. The Balaban J connectivity index is 1.71. The number of hydrogen-bond acceptors (Lipinski definition) is 2. The van der Waals surface area contributed by atoms with E-state index in [4.69, 9.17) is 0 Å². The van der Waals surface area contributed by atoms with Gasteiger partial charge in [-0.1, -0.05) is 48.0 Å². The molecule has 122 valence electrons. The third-order valence-corrected chi connectivity index (χ3v) is 4.94. The van der Waals surface area contributed by atoms with Gasteiger partial charge in [-0.25, -0.2) is 0 Å². The van der Waals surface area contributed by atoms with Crippen LogP contribution in [0.2, 0.25) is 0 Å². The summed E-state index contributed by atoms with van der Waals surface area (Å²) in [5.74, 6) is 0.420. The number of aliphatic hydroxyl groups is 1. The quantitative estimate of drug-likeness (QED) is 0.912. The molecule has 2 nitrogen and oxygen atoms in total. The van der Waals surface area contributed by atoms with E-state index in [0.717, 1.165) is 26.1 Å². The largest absolute Gasteiger partial charge is 0.393 e. The van der Waals surface area contributed by atoms with Crippen LogP contribution in [0.1, 0.15) is 30.9 Å². The third kappa shape index (κ3) is 4.21. The van der Waals surface area contributed by atoms with Crippen LogP contribution < -0.4 is 0 Å². The molecule has 1 saturated heterocycles. The van der Waals surface area contributed by atoms with Crippen molar-refractivity contribution in [1.29, 1.82) is 0 Å². The first-order chi connectivity index (χ1) is 11.1. The summed E-state index contributed by atoms with van der Waals surface area (Å²) in [6.07, 6.45) is 2.14. The number of aryl methyl sites for hydroxylation is 1. The SMILES string of the molecule is Cc1ccc(-c2cccc(CN3CCC[C@H]([C@H](C)O)C3)c2)cc1. The molecule has 0 radical (unpaired) electrons. The standard InChI is InChI=1S/C21H27NO/c1-16-8-10-19(11-9-16)20-6-3-5-18(13-20)14-22-12-4-7-21(15-22)17(2)23/h3,5-6,8-11,13,17,21,23H,4,7,12,14-15H2,1-2H3/t17-,21-/m0/s1. The monoisotopic (exact) mass is 309 g/mol. The maximum absolute atomic E-state index is 9.85. The van der Waals surface area contributed by atoms with Gasteiger partial charge >= 0.3 is 0 Å². The van der Waals surface area contributed by atoms with Gasteiger partial charge < -0.3 is 5.11 Å². The van der Waals surface area contributed by atoms with Crippen molar-refractivity contribution in [2.24, 2.45) is 5.92 Å². The molecule has 1 fully saturated rings. The van der Waals surface area contributed by atoms with E-state index in [0.29, 0.717) is 5.92 Å². The lowest BCUT2D eigenvalue weighted by Gasteiger charge is -2.34. The van der Waals surface area contributed by atoms with Crippen LogP contribution in [-0.2, 0) is 6.54 Å². The molecular formula is C21H27NO. The van der Waals surface area contributed by atoms with E-state index in [1.165, 1.54) is 28.7 Å². The molecule has 0 unspecified atom stereocenters. The molecule has 0 aliphatic carbocycles. The summed E-state index contributed by atoms with van der Waals surface area (Å²) in [5.41, 5.74) is 5.21. The molecule has 1 N–H and O–H groups in total. The molecule has 2 aromatic carbocycles. The van der Waals surface area contributed by atoms with E-state index in [1.807, 2.05) is 6.92 Å². The minimum Gasteiger partial charge on any atom is -0.393 e. The van der Waals surface area contributed by atoms with Gasteiger partial charge in [0, 0.05) is 13.1 Å². The highest BCUT2D eigenvalue weighted by molar-refractivity contribution is 5.64. The summed E-state index contributed by atoms with van der Waals surface area (Å²) in [6, 6.07) is 17.6. The fourth-order valence-electron chi connectivity index (χ4n) is 3.48. The molecule has 0 saturated carbocycles. The third-order valence-electron chi connectivity index (χ3n) is 4.94. The molecule has 1 aliphatic heterocycles. The van der Waals surface area contributed by atoms with Crippen molar-refractivity contribution in [2.45, 2.75) is 39.3 Å². The van der Waals surface area contributed by atoms with Crippen LogP contribution in [0.5, 0.6) is 0 Å². The fraction of sp³-hybridized carbons (Fsp3) is 0.429. The normalized spacial score (nSPS) is 20.4. The Labute approximate surface area is 139 Å². The number of hydrogen-bond donors (Lipinski definition) is 1. The molecule has 2 heteroatoms. The second-order valence-corrected chi connectivity index (χ2v) is 6.94. The molecule has 1 aliphatic rings. The predicted octanol–water partition coefficient (Wildman–Crippen LogP) is 4.25. The second kappa shape index (κ2) is 7.29. The Bertz CT molecular complexity index is 633. The van der Waals surface area contributed by atoms with Gasteiger partial charge in [0.15, 0.2) is 0 Å². The summed E-state index contributed by atoms with van der Waals surface area (Å²) in [4.78, 5) is 2.48. The lowest BCUT2D eigenvalue weighted by molar-refractivity contribution is 0.0599. The first-order valence-electron chi connectivity index (χ1n) is 8.68. The smallest absolute Gasteiger partial charge is 0.0552 e. The van der Waals surface area contributed by atoms with Crippen LogP contribution >= 0.6 is 0 Å². The van der Waals surface area contributed by atoms with Crippen molar-refractivity contribution < 1.29 is 5.11 Å². The zero-order chi connectivity index (χ0) is 16.2. The number of benzene rings is 2. The molecular weight excluding hydrogens is 282 g/mol. The van der Waals surface area contributed by atoms with Crippen molar-refractivity contribution in [3.63, 3.8) is 0 Å². The molecule has 2 aromatic rings.